The number of ether oxygens (including phenoxy) is 2. The van der Waals surface area contributed by atoms with Crippen molar-refractivity contribution in [1.29, 1.82) is 0 Å². The molecule has 0 bridgehead atoms. The molecule has 128 valence electrons. The molecule has 0 spiro atoms. The van der Waals surface area contributed by atoms with E-state index in [4.69, 9.17) is 14.0 Å². The molecule has 0 radical (unpaired) electrons. The van der Waals surface area contributed by atoms with Gasteiger partial charge < -0.3 is 14.0 Å². The number of benzene rings is 1. The summed E-state index contributed by atoms with van der Waals surface area (Å²) in [6.45, 7) is 1.10. The maximum atomic E-state index is 11.7. The summed E-state index contributed by atoms with van der Waals surface area (Å²) in [5.41, 5.74) is 0.577. The highest BCUT2D eigenvalue weighted by atomic mass is 32.1. The van der Waals surface area contributed by atoms with Gasteiger partial charge in [0.15, 0.2) is 19.0 Å². The predicted octanol–water partition coefficient (Wildman–Crippen LogP) is 3.12. The Labute approximate surface area is 147 Å². The first-order chi connectivity index (χ1) is 12.1. The molecule has 0 saturated heterocycles. The first-order valence-electron chi connectivity index (χ1n) is 7.38. The molecule has 2 aromatic heterocycles. The van der Waals surface area contributed by atoms with E-state index >= 15 is 0 Å². The fraction of sp³-hybridized carbons (Fsp3) is 0.176. The Morgan fingerprint density at radius 1 is 1.20 bits per heavy atom. The molecule has 0 aliphatic carbocycles. The van der Waals surface area contributed by atoms with Gasteiger partial charge in [0.05, 0.1) is 4.88 Å². The highest BCUT2D eigenvalue weighted by molar-refractivity contribution is 7.13. The second-order valence-electron chi connectivity index (χ2n) is 5.02. The van der Waals surface area contributed by atoms with Crippen LogP contribution in [0.5, 0.6) is 5.75 Å². The van der Waals surface area contributed by atoms with Gasteiger partial charge in [0.25, 0.3) is 5.89 Å². The number of carbonyl (C=O) groups is 2. The van der Waals surface area contributed by atoms with E-state index in [2.05, 4.69) is 10.1 Å². The average Bonchev–Trinajstić information content (AvgIpc) is 3.29. The number of hydrogen-bond donors (Lipinski definition) is 0. The Kier molecular flexibility index (Phi) is 5.20. The van der Waals surface area contributed by atoms with Crippen molar-refractivity contribution in [3.63, 3.8) is 0 Å². The summed E-state index contributed by atoms with van der Waals surface area (Å²) in [6.07, 6.45) is 0. The second-order valence-corrected chi connectivity index (χ2v) is 5.97. The van der Waals surface area contributed by atoms with Gasteiger partial charge in [-0.1, -0.05) is 11.2 Å². The maximum Gasteiger partial charge on any atom is 0.344 e. The van der Waals surface area contributed by atoms with Crippen molar-refractivity contribution in [2.45, 2.75) is 13.5 Å². The highest BCUT2D eigenvalue weighted by Crippen LogP contribution is 2.21. The Bertz CT molecular complexity index is 856. The number of Topliss-reactive ketones (excluding diaryl/α,β-unsaturated/α-hetero) is 1. The van der Waals surface area contributed by atoms with E-state index < -0.39 is 5.97 Å². The molecular weight excluding hydrogens is 344 g/mol. The number of carbonyl (C=O) groups excluding carboxylic acids is 2. The van der Waals surface area contributed by atoms with E-state index in [-0.39, 0.29) is 24.9 Å². The van der Waals surface area contributed by atoms with Crippen LogP contribution in [0.2, 0.25) is 0 Å². The van der Waals surface area contributed by atoms with Crippen molar-refractivity contribution < 1.29 is 23.6 Å². The minimum Gasteiger partial charge on any atom is -0.482 e. The van der Waals surface area contributed by atoms with E-state index in [9.17, 15) is 9.59 Å². The van der Waals surface area contributed by atoms with E-state index in [1.165, 1.54) is 18.3 Å². The molecule has 0 fully saturated rings. The maximum absolute atomic E-state index is 11.7. The van der Waals surface area contributed by atoms with Crippen molar-refractivity contribution >= 4 is 23.1 Å². The molecule has 0 aliphatic rings. The van der Waals surface area contributed by atoms with Crippen molar-refractivity contribution in [1.82, 2.24) is 10.1 Å². The second kappa shape index (κ2) is 7.71. The van der Waals surface area contributed by atoms with E-state index in [1.54, 1.807) is 24.3 Å². The zero-order valence-corrected chi connectivity index (χ0v) is 14.1. The number of esters is 1. The lowest BCUT2D eigenvalue weighted by atomic mass is 10.1. The van der Waals surface area contributed by atoms with Crippen molar-refractivity contribution in [2.75, 3.05) is 6.61 Å². The van der Waals surface area contributed by atoms with Gasteiger partial charge in [0.2, 0.25) is 5.82 Å². The molecule has 0 N–H and O–H groups in total. The van der Waals surface area contributed by atoms with Gasteiger partial charge in [-0.15, -0.1) is 11.3 Å². The lowest BCUT2D eigenvalue weighted by Gasteiger charge is -2.06. The number of rotatable bonds is 7. The zero-order valence-electron chi connectivity index (χ0n) is 13.3. The van der Waals surface area contributed by atoms with Gasteiger partial charge in [0.1, 0.15) is 5.75 Å². The summed E-state index contributed by atoms with van der Waals surface area (Å²) in [5, 5.41) is 5.74. The number of thiophene rings is 1. The van der Waals surface area contributed by atoms with Crippen LogP contribution in [0.4, 0.5) is 0 Å². The third kappa shape index (κ3) is 4.51. The Morgan fingerprint density at radius 2 is 2.00 bits per heavy atom. The molecule has 2 heterocycles. The molecule has 0 unspecified atom stereocenters. The first-order valence-corrected chi connectivity index (χ1v) is 8.25. The molecule has 0 amide bonds. The topological polar surface area (TPSA) is 91.5 Å². The van der Waals surface area contributed by atoms with Gasteiger partial charge in [-0.2, -0.15) is 4.98 Å². The summed E-state index contributed by atoms with van der Waals surface area (Å²) in [4.78, 5) is 27.9. The van der Waals surface area contributed by atoms with Gasteiger partial charge in [0, 0.05) is 5.56 Å². The molecule has 8 heteroatoms. The minimum atomic E-state index is -0.563. The molecule has 0 saturated carbocycles. The van der Waals surface area contributed by atoms with Crippen LogP contribution in [0.15, 0.2) is 46.3 Å². The van der Waals surface area contributed by atoms with Crippen LogP contribution < -0.4 is 4.74 Å². The quantitative estimate of drug-likeness (QED) is 0.473. The average molecular weight is 358 g/mol. The minimum absolute atomic E-state index is 0.0348. The molecular formula is C17H14N2O5S. The van der Waals surface area contributed by atoms with Gasteiger partial charge in [-0.05, 0) is 42.6 Å². The third-order valence-corrected chi connectivity index (χ3v) is 4.05. The summed E-state index contributed by atoms with van der Waals surface area (Å²) in [6, 6.07) is 10.3. The van der Waals surface area contributed by atoms with Crippen LogP contribution in [0.3, 0.4) is 0 Å². The van der Waals surface area contributed by atoms with Crippen LogP contribution in [0.1, 0.15) is 23.2 Å². The fourth-order valence-corrected chi connectivity index (χ4v) is 2.58. The summed E-state index contributed by atoms with van der Waals surface area (Å²) in [5.74, 6) is 0.545. The molecule has 0 atom stereocenters. The van der Waals surface area contributed by atoms with E-state index in [0.717, 1.165) is 4.88 Å². The van der Waals surface area contributed by atoms with Crippen LogP contribution in [0, 0.1) is 0 Å². The standard InChI is InChI=1S/C17H14N2O5S/c1-11(20)12-4-6-13(7-5-12)22-10-16(21)23-9-15-18-17(19-24-15)14-3-2-8-25-14/h2-8H,9-10H2,1H3. The van der Waals surface area contributed by atoms with Crippen LogP contribution in [0.25, 0.3) is 10.7 Å². The highest BCUT2D eigenvalue weighted by Gasteiger charge is 2.12. The fourth-order valence-electron chi connectivity index (χ4n) is 1.93. The summed E-state index contributed by atoms with van der Waals surface area (Å²) < 4.78 is 15.4. The SMILES string of the molecule is CC(=O)c1ccc(OCC(=O)OCc2nc(-c3cccs3)no2)cc1. The van der Waals surface area contributed by atoms with Crippen molar-refractivity contribution in [3.8, 4) is 16.5 Å². The Morgan fingerprint density at radius 3 is 2.68 bits per heavy atom. The van der Waals surface area contributed by atoms with Crippen LogP contribution in [-0.4, -0.2) is 28.5 Å². The molecule has 25 heavy (non-hydrogen) atoms. The van der Waals surface area contributed by atoms with E-state index in [0.29, 0.717) is 17.1 Å². The van der Waals surface area contributed by atoms with Crippen molar-refractivity contribution in [2.24, 2.45) is 0 Å². The summed E-state index contributed by atoms with van der Waals surface area (Å²) >= 11 is 1.49. The van der Waals surface area contributed by atoms with Gasteiger partial charge in [-0.3, -0.25) is 4.79 Å². The largest absolute Gasteiger partial charge is 0.482 e. The molecule has 0 aliphatic heterocycles. The zero-order chi connectivity index (χ0) is 17.6. The lowest BCUT2D eigenvalue weighted by molar-refractivity contribution is -0.148. The monoisotopic (exact) mass is 358 g/mol. The van der Waals surface area contributed by atoms with Crippen molar-refractivity contribution in [3.05, 3.63) is 53.2 Å². The molecule has 1 aromatic carbocycles. The Balaban J connectivity index is 1.46. The normalized spacial score (nSPS) is 10.4. The van der Waals surface area contributed by atoms with Gasteiger partial charge >= 0.3 is 5.97 Å². The smallest absolute Gasteiger partial charge is 0.344 e. The van der Waals surface area contributed by atoms with Gasteiger partial charge in [-0.25, -0.2) is 4.79 Å². The number of nitrogens with zero attached hydrogens (tertiary/aromatic N) is 2. The summed E-state index contributed by atoms with van der Waals surface area (Å²) in [7, 11) is 0. The third-order valence-electron chi connectivity index (χ3n) is 3.18. The Hall–Kier alpha value is -3.00. The van der Waals surface area contributed by atoms with Crippen LogP contribution in [-0.2, 0) is 16.1 Å². The first kappa shape index (κ1) is 16.8. The van der Waals surface area contributed by atoms with Crippen LogP contribution >= 0.6 is 11.3 Å². The molecule has 3 aromatic rings. The number of aromatic nitrogens is 2. The molecule has 3 rings (SSSR count). The number of ketones is 1. The lowest BCUT2D eigenvalue weighted by Crippen LogP contribution is -2.14. The molecule has 7 nitrogen and oxygen atoms in total. The predicted molar refractivity (Wildman–Crippen MR) is 89.3 cm³/mol. The number of hydrogen-bond acceptors (Lipinski definition) is 8. The van der Waals surface area contributed by atoms with E-state index in [1.807, 2.05) is 17.5 Å².